The summed E-state index contributed by atoms with van der Waals surface area (Å²) < 4.78 is 10.6. The molecule has 0 unspecified atom stereocenters. The lowest BCUT2D eigenvalue weighted by molar-refractivity contribution is -0.756. The molecule has 152 valence electrons. The summed E-state index contributed by atoms with van der Waals surface area (Å²) >= 11 is 0. The molecule has 2 aromatic rings. The Balaban J connectivity index is 1.92. The normalized spacial score (nSPS) is 27.4. The van der Waals surface area contributed by atoms with Gasteiger partial charge in [-0.15, -0.1) is 0 Å². The topological polar surface area (TPSA) is 55.3 Å². The Morgan fingerprint density at radius 2 is 1.50 bits per heavy atom. The van der Waals surface area contributed by atoms with Gasteiger partial charge in [0.05, 0.1) is 19.8 Å². The summed E-state index contributed by atoms with van der Waals surface area (Å²) in [4.78, 5) is 0. The maximum Gasteiger partial charge on any atom is 0.118 e. The van der Waals surface area contributed by atoms with Crippen LogP contribution in [0.1, 0.15) is 62.7 Å². The molecular formula is C24H34NO3+. The molecular weight excluding hydrogens is 350 g/mol. The third kappa shape index (κ3) is 4.34. The number of piperidine rings is 1. The van der Waals surface area contributed by atoms with Crippen LogP contribution < -0.4 is 14.8 Å². The van der Waals surface area contributed by atoms with E-state index in [9.17, 15) is 5.11 Å². The first-order valence-electron chi connectivity index (χ1n) is 10.4. The molecule has 3 rings (SSSR count). The Labute approximate surface area is 168 Å². The molecule has 1 saturated heterocycles. The van der Waals surface area contributed by atoms with Gasteiger partial charge in [-0.25, -0.2) is 0 Å². The summed E-state index contributed by atoms with van der Waals surface area (Å²) in [5.74, 6) is 1.89. The number of unbranched alkanes of at least 4 members (excludes halogenated alkanes) is 1. The highest BCUT2D eigenvalue weighted by molar-refractivity contribution is 5.31. The van der Waals surface area contributed by atoms with Gasteiger partial charge in [0.1, 0.15) is 23.6 Å². The molecule has 0 bridgehead atoms. The first kappa shape index (κ1) is 20.7. The zero-order valence-corrected chi connectivity index (χ0v) is 17.5. The number of hydrogen-bond donors (Lipinski definition) is 2. The average molecular weight is 385 g/mol. The number of aliphatic hydroxyl groups is 1. The molecule has 28 heavy (non-hydrogen) atoms. The predicted octanol–water partition coefficient (Wildman–Crippen LogP) is 4.01. The summed E-state index contributed by atoms with van der Waals surface area (Å²) in [6.45, 7) is 4.39. The van der Waals surface area contributed by atoms with Gasteiger partial charge in [0, 0.05) is 23.5 Å². The van der Waals surface area contributed by atoms with E-state index in [2.05, 4.69) is 43.4 Å². The van der Waals surface area contributed by atoms with E-state index in [0.717, 1.165) is 37.2 Å². The van der Waals surface area contributed by atoms with E-state index in [0.29, 0.717) is 0 Å². The van der Waals surface area contributed by atoms with Crippen molar-refractivity contribution in [2.45, 2.75) is 57.2 Å². The second-order valence-corrected chi connectivity index (χ2v) is 8.07. The van der Waals surface area contributed by atoms with Gasteiger partial charge in [0.25, 0.3) is 0 Å². The van der Waals surface area contributed by atoms with Gasteiger partial charge in [-0.1, -0.05) is 26.7 Å². The van der Waals surface area contributed by atoms with E-state index in [1.807, 2.05) is 24.3 Å². The molecule has 1 fully saturated rings. The van der Waals surface area contributed by atoms with E-state index in [1.54, 1.807) is 14.2 Å². The lowest BCUT2D eigenvalue weighted by atomic mass is 9.70. The van der Waals surface area contributed by atoms with E-state index in [-0.39, 0.29) is 18.0 Å². The minimum Gasteiger partial charge on any atom is -0.497 e. The predicted molar refractivity (Wildman–Crippen MR) is 112 cm³/mol. The Bertz CT molecular complexity index is 743. The van der Waals surface area contributed by atoms with Gasteiger partial charge >= 0.3 is 0 Å². The molecule has 0 amide bonds. The lowest BCUT2D eigenvalue weighted by Crippen LogP contribution is -2.91. The molecule has 4 nitrogen and oxygen atoms in total. The van der Waals surface area contributed by atoms with E-state index < -0.39 is 5.60 Å². The first-order chi connectivity index (χ1) is 13.5. The van der Waals surface area contributed by atoms with Gasteiger partial charge in [0.2, 0.25) is 0 Å². The number of methoxy groups -OCH3 is 2. The smallest absolute Gasteiger partial charge is 0.118 e. The maximum atomic E-state index is 11.7. The molecule has 1 aliphatic heterocycles. The fraction of sp³-hybridized carbons (Fsp3) is 0.500. The minimum atomic E-state index is -0.667. The molecule has 2 aromatic carbocycles. The molecule has 0 spiro atoms. The monoisotopic (exact) mass is 384 g/mol. The van der Waals surface area contributed by atoms with Crippen molar-refractivity contribution in [2.24, 2.45) is 5.92 Å². The highest BCUT2D eigenvalue weighted by atomic mass is 16.5. The van der Waals surface area contributed by atoms with Crippen LogP contribution >= 0.6 is 0 Å². The Hall–Kier alpha value is -2.04. The standard InChI is InChI=1S/C24H33NO3/c1-5-6-15-24(26)16-22(18-7-11-20(27-3)12-8-18)25-23(17(24)2)19-9-13-21(28-4)14-10-19/h7-14,17,22-23,25-26H,5-6,15-16H2,1-4H3/p+1/t17-,22-,23-,24+/m0/s1. The van der Waals surface area contributed by atoms with Crippen LogP contribution in [0.25, 0.3) is 0 Å². The second-order valence-electron chi connectivity index (χ2n) is 8.07. The minimum absolute atomic E-state index is 0.168. The number of benzene rings is 2. The molecule has 4 heteroatoms. The van der Waals surface area contributed by atoms with Crippen LogP contribution in [0.3, 0.4) is 0 Å². The number of rotatable bonds is 7. The summed E-state index contributed by atoms with van der Waals surface area (Å²) in [6, 6.07) is 17.0. The fourth-order valence-corrected chi connectivity index (χ4v) is 4.50. The molecule has 0 aliphatic carbocycles. The molecule has 1 heterocycles. The molecule has 4 atom stereocenters. The van der Waals surface area contributed by atoms with Gasteiger partial charge < -0.3 is 19.9 Å². The van der Waals surface area contributed by atoms with Crippen molar-refractivity contribution in [2.75, 3.05) is 14.2 Å². The average Bonchev–Trinajstić information content (AvgIpc) is 2.74. The van der Waals surface area contributed by atoms with Crippen molar-refractivity contribution in [3.63, 3.8) is 0 Å². The van der Waals surface area contributed by atoms with E-state index >= 15 is 0 Å². The lowest BCUT2D eigenvalue weighted by Gasteiger charge is -2.45. The Morgan fingerprint density at radius 3 is 2.00 bits per heavy atom. The van der Waals surface area contributed by atoms with Gasteiger partial charge in [-0.2, -0.15) is 0 Å². The van der Waals surface area contributed by atoms with Crippen molar-refractivity contribution in [1.29, 1.82) is 0 Å². The zero-order chi connectivity index (χ0) is 20.1. The van der Waals surface area contributed by atoms with Crippen molar-refractivity contribution in [3.05, 3.63) is 59.7 Å². The quantitative estimate of drug-likeness (QED) is 0.758. The number of quaternary nitrogens is 1. The van der Waals surface area contributed by atoms with Crippen LogP contribution in [0.5, 0.6) is 11.5 Å². The van der Waals surface area contributed by atoms with Gasteiger partial charge in [-0.05, 0) is 55.0 Å². The van der Waals surface area contributed by atoms with Crippen LogP contribution in [0.2, 0.25) is 0 Å². The Kier molecular flexibility index (Phi) is 6.63. The summed E-state index contributed by atoms with van der Waals surface area (Å²) in [5.41, 5.74) is 1.81. The van der Waals surface area contributed by atoms with Crippen LogP contribution in [0.4, 0.5) is 0 Å². The largest absolute Gasteiger partial charge is 0.497 e. The van der Waals surface area contributed by atoms with Crippen LogP contribution in [-0.4, -0.2) is 24.9 Å². The number of hydrogen-bond acceptors (Lipinski definition) is 3. The Morgan fingerprint density at radius 1 is 0.964 bits per heavy atom. The van der Waals surface area contributed by atoms with Crippen molar-refractivity contribution in [1.82, 2.24) is 0 Å². The molecule has 0 aromatic heterocycles. The van der Waals surface area contributed by atoms with Crippen LogP contribution in [0.15, 0.2) is 48.5 Å². The van der Waals surface area contributed by atoms with E-state index in [4.69, 9.17) is 9.47 Å². The summed E-state index contributed by atoms with van der Waals surface area (Å²) in [5, 5.41) is 14.1. The molecule has 0 radical (unpaired) electrons. The first-order valence-corrected chi connectivity index (χ1v) is 10.4. The van der Waals surface area contributed by atoms with Crippen molar-refractivity contribution >= 4 is 0 Å². The van der Waals surface area contributed by atoms with Crippen molar-refractivity contribution in [3.8, 4) is 11.5 Å². The molecule has 1 aliphatic rings. The second kappa shape index (κ2) is 8.97. The molecule has 3 N–H and O–H groups in total. The van der Waals surface area contributed by atoms with E-state index in [1.165, 1.54) is 11.1 Å². The van der Waals surface area contributed by atoms with Crippen molar-refractivity contribution < 1.29 is 19.9 Å². The van der Waals surface area contributed by atoms with Gasteiger partial charge in [0.15, 0.2) is 0 Å². The number of nitrogens with two attached hydrogens (primary N) is 1. The zero-order valence-electron chi connectivity index (χ0n) is 17.5. The molecule has 0 saturated carbocycles. The van der Waals surface area contributed by atoms with Crippen LogP contribution in [0, 0.1) is 5.92 Å². The third-order valence-electron chi connectivity index (χ3n) is 6.41. The third-order valence-corrected chi connectivity index (χ3v) is 6.41. The fourth-order valence-electron chi connectivity index (χ4n) is 4.50. The highest BCUT2D eigenvalue weighted by Crippen LogP contribution is 2.41. The maximum absolute atomic E-state index is 11.7. The number of ether oxygens (including phenoxy) is 2. The van der Waals surface area contributed by atoms with Crippen LogP contribution in [-0.2, 0) is 0 Å². The summed E-state index contributed by atoms with van der Waals surface area (Å²) in [6.07, 6.45) is 3.76. The van der Waals surface area contributed by atoms with Gasteiger partial charge in [-0.3, -0.25) is 0 Å². The summed E-state index contributed by atoms with van der Waals surface area (Å²) in [7, 11) is 3.38. The highest BCUT2D eigenvalue weighted by Gasteiger charge is 2.48. The SMILES string of the molecule is CCCC[C@@]1(O)C[C@@H](c2ccc(OC)cc2)[NH2+][C@H](c2ccc(OC)cc2)[C@@H]1C.